The molecule has 0 fully saturated rings. The monoisotopic (exact) mass is 183 g/mol. The smallest absolute Gasteiger partial charge is 0.391 e. The Hall–Kier alpha value is -1.95. The van der Waals surface area contributed by atoms with E-state index in [4.69, 9.17) is 10.4 Å². The predicted molar refractivity (Wildman–Crippen MR) is 39.2 cm³/mol. The fourth-order valence-electron chi connectivity index (χ4n) is 0.784. The highest BCUT2D eigenvalue weighted by Crippen LogP contribution is 2.05. The second kappa shape index (κ2) is 3.63. The lowest BCUT2D eigenvalue weighted by Crippen LogP contribution is -2.12. The maximum absolute atomic E-state index is 10.7. The lowest BCUT2D eigenvalue weighted by Gasteiger charge is -1.99. The standard InChI is InChI=1S/C7H5NO5/c9-6(10)4-2-1-3-8-5(4)7(11)13-12/h1-3,12H,(H,9,10). The van der Waals surface area contributed by atoms with Crippen LogP contribution in [0.1, 0.15) is 20.8 Å². The van der Waals surface area contributed by atoms with Crippen molar-refractivity contribution in [1.29, 1.82) is 0 Å². The van der Waals surface area contributed by atoms with Gasteiger partial charge in [0.25, 0.3) is 0 Å². The molecule has 0 saturated carbocycles. The van der Waals surface area contributed by atoms with Crippen molar-refractivity contribution in [3.63, 3.8) is 0 Å². The Morgan fingerprint density at radius 3 is 2.69 bits per heavy atom. The van der Waals surface area contributed by atoms with E-state index in [0.717, 1.165) is 0 Å². The molecule has 0 aliphatic rings. The maximum Gasteiger partial charge on any atom is 0.391 e. The summed E-state index contributed by atoms with van der Waals surface area (Å²) in [6.07, 6.45) is 1.22. The van der Waals surface area contributed by atoms with Crippen molar-refractivity contribution in [3.05, 3.63) is 29.6 Å². The Balaban J connectivity index is 3.19. The van der Waals surface area contributed by atoms with Gasteiger partial charge in [0.2, 0.25) is 0 Å². The fourth-order valence-corrected chi connectivity index (χ4v) is 0.784. The third-order valence-corrected chi connectivity index (χ3v) is 1.31. The van der Waals surface area contributed by atoms with Crippen molar-refractivity contribution < 1.29 is 24.8 Å². The number of carboxylic acids is 1. The zero-order valence-corrected chi connectivity index (χ0v) is 6.30. The molecule has 0 bridgehead atoms. The second-order valence-corrected chi connectivity index (χ2v) is 2.08. The van der Waals surface area contributed by atoms with Crippen LogP contribution in [-0.2, 0) is 4.89 Å². The summed E-state index contributed by atoms with van der Waals surface area (Å²) in [6, 6.07) is 2.54. The minimum Gasteiger partial charge on any atom is -0.478 e. The highest BCUT2D eigenvalue weighted by molar-refractivity contribution is 6.00. The number of pyridine rings is 1. The Morgan fingerprint density at radius 1 is 1.46 bits per heavy atom. The largest absolute Gasteiger partial charge is 0.478 e. The average molecular weight is 183 g/mol. The van der Waals surface area contributed by atoms with Gasteiger partial charge in [-0.25, -0.2) is 14.6 Å². The van der Waals surface area contributed by atoms with E-state index in [9.17, 15) is 9.59 Å². The van der Waals surface area contributed by atoms with E-state index in [1.54, 1.807) is 0 Å². The minimum absolute atomic E-state index is 0.318. The van der Waals surface area contributed by atoms with Gasteiger partial charge in [-0.15, -0.1) is 0 Å². The summed E-state index contributed by atoms with van der Waals surface area (Å²) >= 11 is 0. The van der Waals surface area contributed by atoms with Gasteiger partial charge in [-0.1, -0.05) is 0 Å². The summed E-state index contributed by atoms with van der Waals surface area (Å²) in [4.78, 5) is 28.1. The molecule has 0 radical (unpaired) electrons. The Kier molecular flexibility index (Phi) is 2.56. The van der Waals surface area contributed by atoms with Crippen LogP contribution in [0.2, 0.25) is 0 Å². The van der Waals surface area contributed by atoms with Gasteiger partial charge < -0.3 is 5.11 Å². The van der Waals surface area contributed by atoms with Crippen molar-refractivity contribution in [3.8, 4) is 0 Å². The topological polar surface area (TPSA) is 96.7 Å². The van der Waals surface area contributed by atoms with Crippen molar-refractivity contribution >= 4 is 11.9 Å². The van der Waals surface area contributed by atoms with Gasteiger partial charge in [-0.2, -0.15) is 5.26 Å². The average Bonchev–Trinajstić information content (AvgIpc) is 2.16. The molecule has 1 aromatic heterocycles. The summed E-state index contributed by atoms with van der Waals surface area (Å²) in [7, 11) is 0. The van der Waals surface area contributed by atoms with Gasteiger partial charge in [-0.3, -0.25) is 4.89 Å². The summed E-state index contributed by atoms with van der Waals surface area (Å²) in [6.45, 7) is 0. The second-order valence-electron chi connectivity index (χ2n) is 2.08. The van der Waals surface area contributed by atoms with Gasteiger partial charge >= 0.3 is 11.9 Å². The van der Waals surface area contributed by atoms with E-state index in [1.165, 1.54) is 18.3 Å². The molecule has 0 aliphatic carbocycles. The first-order valence-electron chi connectivity index (χ1n) is 3.21. The molecule has 6 heteroatoms. The Morgan fingerprint density at radius 2 is 2.15 bits per heavy atom. The normalized spacial score (nSPS) is 9.31. The number of carbonyl (C=O) groups is 2. The molecule has 2 N–H and O–H groups in total. The van der Waals surface area contributed by atoms with Crippen LogP contribution in [0, 0.1) is 0 Å². The third-order valence-electron chi connectivity index (χ3n) is 1.31. The first-order valence-corrected chi connectivity index (χ1v) is 3.21. The predicted octanol–water partition coefficient (Wildman–Crippen LogP) is 0.410. The van der Waals surface area contributed by atoms with Crippen LogP contribution >= 0.6 is 0 Å². The molecule has 1 heterocycles. The van der Waals surface area contributed by atoms with E-state index in [0.29, 0.717) is 0 Å². The van der Waals surface area contributed by atoms with Crippen molar-refractivity contribution in [2.45, 2.75) is 0 Å². The Labute approximate surface area is 72.3 Å². The molecule has 0 aromatic carbocycles. The summed E-state index contributed by atoms with van der Waals surface area (Å²) in [5.41, 5.74) is -0.751. The van der Waals surface area contributed by atoms with E-state index < -0.39 is 17.6 Å². The number of carboxylic acid groups (broad SMARTS) is 1. The summed E-state index contributed by atoms with van der Waals surface area (Å²) < 4.78 is 0. The van der Waals surface area contributed by atoms with Crippen LogP contribution in [0.25, 0.3) is 0 Å². The van der Waals surface area contributed by atoms with Crippen LogP contribution in [0.15, 0.2) is 18.3 Å². The van der Waals surface area contributed by atoms with Crippen molar-refractivity contribution in [2.24, 2.45) is 0 Å². The van der Waals surface area contributed by atoms with Crippen LogP contribution in [-0.4, -0.2) is 27.3 Å². The molecular weight excluding hydrogens is 178 g/mol. The number of nitrogens with zero attached hydrogens (tertiary/aromatic N) is 1. The van der Waals surface area contributed by atoms with Gasteiger partial charge in [0.1, 0.15) is 0 Å². The van der Waals surface area contributed by atoms with Crippen LogP contribution in [0.3, 0.4) is 0 Å². The molecule has 6 nitrogen and oxygen atoms in total. The van der Waals surface area contributed by atoms with E-state index in [-0.39, 0.29) is 5.56 Å². The zero-order chi connectivity index (χ0) is 9.84. The van der Waals surface area contributed by atoms with Gasteiger partial charge in [0.05, 0.1) is 5.56 Å². The third kappa shape index (κ3) is 1.79. The molecule has 13 heavy (non-hydrogen) atoms. The highest BCUT2D eigenvalue weighted by atomic mass is 17.1. The first-order chi connectivity index (χ1) is 6.16. The minimum atomic E-state index is -1.31. The van der Waals surface area contributed by atoms with E-state index >= 15 is 0 Å². The van der Waals surface area contributed by atoms with Gasteiger partial charge in [0.15, 0.2) is 5.69 Å². The lowest BCUT2D eigenvalue weighted by atomic mass is 10.2. The van der Waals surface area contributed by atoms with Crippen LogP contribution in [0.5, 0.6) is 0 Å². The van der Waals surface area contributed by atoms with Gasteiger partial charge in [0, 0.05) is 6.20 Å². The molecule has 0 unspecified atom stereocenters. The summed E-state index contributed by atoms with van der Waals surface area (Å²) in [5.74, 6) is -2.51. The molecule has 0 amide bonds. The SMILES string of the molecule is O=C(O)c1cccnc1C(=O)OO. The molecule has 1 aromatic rings. The van der Waals surface area contributed by atoms with Crippen molar-refractivity contribution in [1.82, 2.24) is 4.98 Å². The Bertz CT molecular complexity index is 348. The fraction of sp³-hybridized carbons (Fsp3) is 0. The van der Waals surface area contributed by atoms with Crippen molar-refractivity contribution in [2.75, 3.05) is 0 Å². The van der Waals surface area contributed by atoms with Gasteiger partial charge in [-0.05, 0) is 12.1 Å². The molecule has 0 aliphatic heterocycles. The number of aromatic carboxylic acids is 1. The molecule has 1 rings (SSSR count). The van der Waals surface area contributed by atoms with Crippen LogP contribution in [0.4, 0.5) is 0 Å². The first kappa shape index (κ1) is 9.14. The molecule has 0 spiro atoms. The van der Waals surface area contributed by atoms with E-state index in [2.05, 4.69) is 9.87 Å². The number of carbonyl (C=O) groups excluding carboxylic acids is 1. The molecule has 68 valence electrons. The molecule has 0 atom stereocenters. The quantitative estimate of drug-likeness (QED) is 0.509. The molecule has 0 saturated heterocycles. The zero-order valence-electron chi connectivity index (χ0n) is 6.30. The van der Waals surface area contributed by atoms with Crippen LogP contribution < -0.4 is 0 Å². The number of aromatic nitrogens is 1. The molecular formula is C7H5NO5. The number of hydrogen-bond acceptors (Lipinski definition) is 5. The number of hydrogen-bond donors (Lipinski definition) is 2. The highest BCUT2D eigenvalue weighted by Gasteiger charge is 2.18. The number of rotatable bonds is 2. The lowest BCUT2D eigenvalue weighted by molar-refractivity contribution is -0.183. The summed E-state index contributed by atoms with van der Waals surface area (Å²) in [5, 5.41) is 16.6. The van der Waals surface area contributed by atoms with E-state index in [1.807, 2.05) is 0 Å². The maximum atomic E-state index is 10.7.